The third-order valence-corrected chi connectivity index (χ3v) is 6.05. The fraction of sp³-hybridized carbons (Fsp3) is 0.647. The molecule has 2 fully saturated rings. The van der Waals surface area contributed by atoms with Gasteiger partial charge >= 0.3 is 0 Å². The van der Waals surface area contributed by atoms with Crippen LogP contribution in [0.2, 0.25) is 0 Å². The fourth-order valence-corrected chi connectivity index (χ4v) is 5.19. The highest BCUT2D eigenvalue weighted by Crippen LogP contribution is 2.55. The van der Waals surface area contributed by atoms with Crippen molar-refractivity contribution in [3.05, 3.63) is 29.3 Å². The van der Waals surface area contributed by atoms with Crippen molar-refractivity contribution in [3.63, 3.8) is 0 Å². The molecule has 0 aliphatic heterocycles. The van der Waals surface area contributed by atoms with E-state index in [1.165, 1.54) is 11.1 Å². The number of aliphatic hydroxyl groups excluding tert-OH is 2. The predicted molar refractivity (Wildman–Crippen MR) is 75.5 cm³/mol. The Labute approximate surface area is 119 Å². The van der Waals surface area contributed by atoms with Gasteiger partial charge in [0.25, 0.3) is 0 Å². The second-order valence-corrected chi connectivity index (χ2v) is 6.89. The summed E-state index contributed by atoms with van der Waals surface area (Å²) < 4.78 is 0. The molecule has 6 atom stereocenters. The lowest BCUT2D eigenvalue weighted by Gasteiger charge is -2.44. The number of aliphatic hydroxyl groups is 2. The zero-order valence-corrected chi connectivity index (χ0v) is 11.6. The number of hydrogen-bond acceptors (Lipinski definition) is 3. The van der Waals surface area contributed by atoms with E-state index in [0.717, 1.165) is 32.1 Å². The molecule has 1 aromatic rings. The minimum Gasteiger partial charge on any atom is -0.508 e. The van der Waals surface area contributed by atoms with Gasteiger partial charge in [-0.2, -0.15) is 0 Å². The molecular weight excluding hydrogens is 252 g/mol. The van der Waals surface area contributed by atoms with Crippen molar-refractivity contribution < 1.29 is 15.3 Å². The second kappa shape index (κ2) is 4.47. The largest absolute Gasteiger partial charge is 0.508 e. The standard InChI is InChI=1S/C17H22O3/c18-10-2-4-11-9(7-10)1-3-13-12(11)5-6-14-15(13)8-16(19)17(14)20/h2,4,7,12-20H,1,3,5-6,8H2/t12-,13-,14+,15+,16-,17?/m1/s1. The van der Waals surface area contributed by atoms with Crippen LogP contribution in [0.1, 0.15) is 42.7 Å². The summed E-state index contributed by atoms with van der Waals surface area (Å²) in [6, 6.07) is 5.80. The smallest absolute Gasteiger partial charge is 0.115 e. The Hall–Kier alpha value is -1.06. The molecule has 0 saturated heterocycles. The molecule has 3 N–H and O–H groups in total. The van der Waals surface area contributed by atoms with Crippen LogP contribution in [0.3, 0.4) is 0 Å². The SMILES string of the molecule is Oc1ccc2c(c1)CC[C@H]1[C@@H]3C[C@@H](O)C(O)[C@H]3CC[C@H]21. The van der Waals surface area contributed by atoms with Gasteiger partial charge in [-0.3, -0.25) is 0 Å². The minimum atomic E-state index is -0.523. The lowest BCUT2D eigenvalue weighted by atomic mass is 9.61. The molecule has 0 spiro atoms. The molecule has 0 radical (unpaired) electrons. The molecule has 3 aliphatic carbocycles. The molecule has 1 aromatic carbocycles. The maximum absolute atomic E-state index is 10.1. The zero-order valence-electron chi connectivity index (χ0n) is 11.6. The Morgan fingerprint density at radius 1 is 0.950 bits per heavy atom. The van der Waals surface area contributed by atoms with Crippen LogP contribution in [0, 0.1) is 17.8 Å². The maximum Gasteiger partial charge on any atom is 0.115 e. The molecule has 1 unspecified atom stereocenters. The van der Waals surface area contributed by atoms with Crippen LogP contribution < -0.4 is 0 Å². The first-order chi connectivity index (χ1) is 9.65. The van der Waals surface area contributed by atoms with Gasteiger partial charge in [0.2, 0.25) is 0 Å². The molecule has 2 saturated carbocycles. The van der Waals surface area contributed by atoms with Crippen LogP contribution in [0.25, 0.3) is 0 Å². The van der Waals surface area contributed by atoms with Gasteiger partial charge in [-0.25, -0.2) is 0 Å². The number of rotatable bonds is 0. The van der Waals surface area contributed by atoms with Crippen molar-refractivity contribution in [2.75, 3.05) is 0 Å². The first kappa shape index (κ1) is 12.7. The van der Waals surface area contributed by atoms with E-state index in [-0.39, 0.29) is 0 Å². The number of phenolic OH excluding ortho intramolecular Hbond substituents is 1. The molecule has 3 nitrogen and oxygen atoms in total. The molecule has 108 valence electrons. The zero-order chi connectivity index (χ0) is 13.9. The van der Waals surface area contributed by atoms with E-state index in [1.54, 1.807) is 6.07 Å². The minimum absolute atomic E-state index is 0.296. The molecule has 20 heavy (non-hydrogen) atoms. The highest BCUT2D eigenvalue weighted by molar-refractivity contribution is 5.39. The average Bonchev–Trinajstić information content (AvgIpc) is 2.74. The van der Waals surface area contributed by atoms with Crippen molar-refractivity contribution in [2.24, 2.45) is 17.8 Å². The van der Waals surface area contributed by atoms with Crippen molar-refractivity contribution in [2.45, 2.75) is 50.2 Å². The lowest BCUT2D eigenvalue weighted by Crippen LogP contribution is -2.37. The summed E-state index contributed by atoms with van der Waals surface area (Å²) in [5.41, 5.74) is 2.69. The van der Waals surface area contributed by atoms with Gasteiger partial charge < -0.3 is 15.3 Å². The molecule has 3 aliphatic rings. The topological polar surface area (TPSA) is 60.7 Å². The predicted octanol–water partition coefficient (Wildman–Crippen LogP) is 2.19. The number of aryl methyl sites for hydroxylation is 1. The average molecular weight is 274 g/mol. The number of aromatic hydroxyl groups is 1. The molecule has 0 amide bonds. The summed E-state index contributed by atoms with van der Waals surface area (Å²) in [6.45, 7) is 0. The van der Waals surface area contributed by atoms with Crippen LogP contribution in [0.4, 0.5) is 0 Å². The normalized spacial score (nSPS) is 42.7. The van der Waals surface area contributed by atoms with Crippen LogP contribution in [-0.2, 0) is 6.42 Å². The van der Waals surface area contributed by atoms with Crippen LogP contribution in [0.5, 0.6) is 5.75 Å². The Morgan fingerprint density at radius 2 is 1.80 bits per heavy atom. The Balaban J connectivity index is 1.67. The van der Waals surface area contributed by atoms with E-state index in [2.05, 4.69) is 6.07 Å². The van der Waals surface area contributed by atoms with Crippen molar-refractivity contribution in [3.8, 4) is 5.75 Å². The van der Waals surface area contributed by atoms with E-state index >= 15 is 0 Å². The highest BCUT2D eigenvalue weighted by atomic mass is 16.3. The summed E-state index contributed by atoms with van der Waals surface area (Å²) in [6.07, 6.45) is 3.99. The summed E-state index contributed by atoms with van der Waals surface area (Å²) in [4.78, 5) is 0. The first-order valence-corrected chi connectivity index (χ1v) is 7.83. The van der Waals surface area contributed by atoms with Gasteiger partial charge in [-0.1, -0.05) is 6.07 Å². The molecular formula is C17H22O3. The lowest BCUT2D eigenvalue weighted by molar-refractivity contribution is 0.00656. The third-order valence-electron chi connectivity index (χ3n) is 6.05. The van der Waals surface area contributed by atoms with Gasteiger partial charge in [0.15, 0.2) is 0 Å². The maximum atomic E-state index is 10.1. The summed E-state index contributed by atoms with van der Waals surface area (Å²) in [5.74, 6) is 2.28. The van der Waals surface area contributed by atoms with E-state index in [4.69, 9.17) is 0 Å². The van der Waals surface area contributed by atoms with Gasteiger partial charge in [-0.15, -0.1) is 0 Å². The molecule has 0 aromatic heterocycles. The third kappa shape index (κ3) is 1.73. The molecule has 3 heteroatoms. The number of hydrogen-bond donors (Lipinski definition) is 3. The van der Waals surface area contributed by atoms with Crippen molar-refractivity contribution >= 4 is 0 Å². The fourth-order valence-electron chi connectivity index (χ4n) is 5.19. The quantitative estimate of drug-likeness (QED) is 0.679. The molecule has 4 rings (SSSR count). The molecule has 0 heterocycles. The number of phenols is 1. The van der Waals surface area contributed by atoms with Gasteiger partial charge in [0.05, 0.1) is 12.2 Å². The van der Waals surface area contributed by atoms with Gasteiger partial charge in [0, 0.05) is 0 Å². The van der Waals surface area contributed by atoms with Crippen LogP contribution in [-0.4, -0.2) is 27.5 Å². The summed E-state index contributed by atoms with van der Waals surface area (Å²) >= 11 is 0. The van der Waals surface area contributed by atoms with E-state index < -0.39 is 12.2 Å². The summed E-state index contributed by atoms with van der Waals surface area (Å²) in [7, 11) is 0. The van der Waals surface area contributed by atoms with Crippen LogP contribution in [0.15, 0.2) is 18.2 Å². The van der Waals surface area contributed by atoms with Crippen LogP contribution >= 0.6 is 0 Å². The second-order valence-electron chi connectivity index (χ2n) is 6.89. The van der Waals surface area contributed by atoms with Crippen molar-refractivity contribution in [1.82, 2.24) is 0 Å². The monoisotopic (exact) mass is 274 g/mol. The Kier molecular flexibility index (Phi) is 2.83. The Morgan fingerprint density at radius 3 is 2.65 bits per heavy atom. The first-order valence-electron chi connectivity index (χ1n) is 7.83. The van der Waals surface area contributed by atoms with Gasteiger partial charge in [0.1, 0.15) is 5.75 Å². The van der Waals surface area contributed by atoms with E-state index in [1.807, 2.05) is 6.07 Å². The summed E-state index contributed by atoms with van der Waals surface area (Å²) in [5, 5.41) is 29.7. The van der Waals surface area contributed by atoms with E-state index in [0.29, 0.717) is 29.4 Å². The number of benzene rings is 1. The molecule has 0 bridgehead atoms. The van der Waals surface area contributed by atoms with Gasteiger partial charge in [-0.05, 0) is 79.0 Å². The Bertz CT molecular complexity index is 527. The number of fused-ring (bicyclic) bond motifs is 5. The highest BCUT2D eigenvalue weighted by Gasteiger charge is 2.50. The van der Waals surface area contributed by atoms with E-state index in [9.17, 15) is 15.3 Å². The van der Waals surface area contributed by atoms with Crippen molar-refractivity contribution in [1.29, 1.82) is 0 Å².